The van der Waals surface area contributed by atoms with E-state index < -0.39 is 19.9 Å². The first-order valence-corrected chi connectivity index (χ1v) is 9.50. The molecule has 9 heteroatoms. The van der Waals surface area contributed by atoms with Crippen LogP contribution in [0, 0.1) is 0 Å². The zero-order valence-corrected chi connectivity index (χ0v) is 13.3. The Morgan fingerprint density at radius 1 is 1.09 bits per heavy atom. The number of sulfone groups is 1. The zero-order valence-electron chi connectivity index (χ0n) is 11.6. The fourth-order valence-corrected chi connectivity index (χ4v) is 3.18. The lowest BCUT2D eigenvalue weighted by molar-refractivity contribution is 0.0772. The van der Waals surface area contributed by atoms with Crippen LogP contribution in [-0.2, 0) is 31.3 Å². The maximum atomic E-state index is 12.1. The maximum Gasteiger partial charge on any atom is 0.262 e. The molecule has 22 heavy (non-hydrogen) atoms. The van der Waals surface area contributed by atoms with Gasteiger partial charge >= 0.3 is 0 Å². The van der Waals surface area contributed by atoms with E-state index >= 15 is 0 Å². The number of benzene rings is 1. The van der Waals surface area contributed by atoms with Gasteiger partial charge < -0.3 is 0 Å². The zero-order chi connectivity index (χ0) is 16.2. The summed E-state index contributed by atoms with van der Waals surface area (Å²) >= 11 is 0. The maximum absolute atomic E-state index is 12.1. The van der Waals surface area contributed by atoms with E-state index in [9.17, 15) is 16.8 Å². The molecule has 0 unspecified atom stereocenters. The molecular weight excluding hydrogens is 328 g/mol. The first-order chi connectivity index (χ1) is 10.3. The van der Waals surface area contributed by atoms with Crippen molar-refractivity contribution < 1.29 is 23.1 Å². The van der Waals surface area contributed by atoms with Gasteiger partial charge in [-0.3, -0.25) is 9.82 Å². The quantitative estimate of drug-likeness (QED) is 0.788. The number of sulfonamides is 1. The average Bonchev–Trinajstić information content (AvgIpc) is 2.47. The Balaban J connectivity index is 0.00000264. The van der Waals surface area contributed by atoms with E-state index in [1.165, 1.54) is 18.2 Å². The Hall–Kier alpha value is -1.81. The Morgan fingerprint density at radius 3 is 2.45 bits per heavy atom. The van der Waals surface area contributed by atoms with Crippen LogP contribution in [0.5, 0.6) is 0 Å². The third-order valence-corrected chi connectivity index (χ3v) is 4.98. The van der Waals surface area contributed by atoms with Crippen molar-refractivity contribution in [1.29, 1.82) is 0 Å². The summed E-state index contributed by atoms with van der Waals surface area (Å²) in [5.41, 5.74) is 0.551. The van der Waals surface area contributed by atoms with Crippen molar-refractivity contribution in [3.8, 4) is 0 Å². The lowest BCUT2D eigenvalue weighted by Gasteiger charge is -2.08. The van der Waals surface area contributed by atoms with Crippen LogP contribution in [0.2, 0.25) is 0 Å². The van der Waals surface area contributed by atoms with Gasteiger partial charge in [-0.05, 0) is 30.3 Å². The van der Waals surface area contributed by atoms with Crippen molar-refractivity contribution >= 4 is 19.9 Å². The van der Waals surface area contributed by atoms with Crippen LogP contribution in [0.1, 0.15) is 7.12 Å². The molecular formula is C13H16N2O5S2. The van der Waals surface area contributed by atoms with Gasteiger partial charge in [-0.2, -0.15) is 0 Å². The number of nitrogens with one attached hydrogen (secondary N) is 1. The predicted octanol–water partition coefficient (Wildman–Crippen LogP) is 1.14. The normalized spacial score (nSPS) is 12.2. The lowest BCUT2D eigenvalue weighted by atomic mass is 10.4. The van der Waals surface area contributed by atoms with Gasteiger partial charge in [0.25, 0.3) is 10.0 Å². The van der Waals surface area contributed by atoms with Crippen LogP contribution in [-0.4, -0.2) is 28.1 Å². The van der Waals surface area contributed by atoms with E-state index in [0.29, 0.717) is 5.69 Å². The third kappa shape index (κ3) is 4.34. The van der Waals surface area contributed by atoms with Gasteiger partial charge in [0.1, 0.15) is 6.61 Å². The molecule has 0 aliphatic carbocycles. The summed E-state index contributed by atoms with van der Waals surface area (Å²) in [5.74, 6) is 0. The molecule has 2 rings (SSSR count). The smallest absolute Gasteiger partial charge is 0.262 e. The van der Waals surface area contributed by atoms with E-state index in [1.807, 2.05) is 4.89 Å². The number of nitrogens with zero attached hydrogens (tertiary/aromatic N) is 1. The molecule has 0 radical (unpaired) electrons. The molecule has 120 valence electrons. The van der Waals surface area contributed by atoms with E-state index in [4.69, 9.17) is 4.84 Å². The topological polar surface area (TPSA) is 102 Å². The molecule has 0 fully saturated rings. The lowest BCUT2D eigenvalue weighted by Crippen LogP contribution is -2.24. The Morgan fingerprint density at radius 2 is 1.82 bits per heavy atom. The Kier molecular flexibility index (Phi) is 4.91. The molecule has 0 aliphatic heterocycles. The van der Waals surface area contributed by atoms with Crippen molar-refractivity contribution in [1.82, 2.24) is 9.87 Å². The van der Waals surface area contributed by atoms with E-state index in [0.717, 1.165) is 12.3 Å². The van der Waals surface area contributed by atoms with Crippen molar-refractivity contribution in [2.45, 2.75) is 16.4 Å². The molecule has 0 amide bonds. The second-order valence-electron chi connectivity index (χ2n) is 4.44. The number of aromatic nitrogens is 1. The minimum atomic E-state index is -3.98. The summed E-state index contributed by atoms with van der Waals surface area (Å²) in [6.45, 7) is -0.0498. The highest BCUT2D eigenvalue weighted by atomic mass is 32.2. The molecule has 0 saturated carbocycles. The predicted molar refractivity (Wildman–Crippen MR) is 81.0 cm³/mol. The number of hydrogen-bond acceptors (Lipinski definition) is 6. The summed E-state index contributed by atoms with van der Waals surface area (Å²) in [7, 11) is -7.47. The fourth-order valence-electron chi connectivity index (χ4n) is 1.58. The van der Waals surface area contributed by atoms with Crippen molar-refractivity contribution in [2.24, 2.45) is 0 Å². The molecule has 1 N–H and O–H groups in total. The van der Waals surface area contributed by atoms with Crippen LogP contribution in [0.15, 0.2) is 58.5 Å². The highest BCUT2D eigenvalue weighted by Crippen LogP contribution is 2.15. The third-order valence-electron chi connectivity index (χ3n) is 2.66. The van der Waals surface area contributed by atoms with Crippen molar-refractivity contribution in [3.63, 3.8) is 0 Å². The van der Waals surface area contributed by atoms with Crippen LogP contribution >= 0.6 is 0 Å². The summed E-state index contributed by atoms with van der Waals surface area (Å²) in [6, 6.07) is 10.2. The number of hydrogen-bond donors (Lipinski definition) is 1. The van der Waals surface area contributed by atoms with E-state index in [2.05, 4.69) is 4.98 Å². The monoisotopic (exact) mass is 344 g/mol. The second-order valence-corrected chi connectivity index (χ2v) is 8.10. The minimum Gasteiger partial charge on any atom is -0.280 e. The molecule has 1 aromatic heterocycles. The van der Waals surface area contributed by atoms with Gasteiger partial charge in [-0.15, -0.1) is 0 Å². The van der Waals surface area contributed by atoms with Crippen molar-refractivity contribution in [3.05, 3.63) is 54.4 Å². The van der Waals surface area contributed by atoms with Gasteiger partial charge in [0, 0.05) is 13.9 Å². The van der Waals surface area contributed by atoms with Crippen LogP contribution < -0.4 is 4.89 Å². The molecule has 1 aromatic carbocycles. The summed E-state index contributed by atoms with van der Waals surface area (Å²) in [5, 5.41) is 0. The van der Waals surface area contributed by atoms with Crippen LogP contribution in [0.4, 0.5) is 0 Å². The Bertz CT molecular complexity index is 855. The van der Waals surface area contributed by atoms with Crippen LogP contribution in [0.25, 0.3) is 0 Å². The number of pyridine rings is 1. The SMILES string of the molecule is CS(=O)(=O)c1cccc(S(=O)(=O)NOCc2ccccn2)c1.[HH]. The molecule has 0 atom stereocenters. The highest BCUT2D eigenvalue weighted by molar-refractivity contribution is 7.91. The van der Waals surface area contributed by atoms with E-state index in [1.54, 1.807) is 24.4 Å². The van der Waals surface area contributed by atoms with Gasteiger partial charge in [0.05, 0.1) is 15.5 Å². The van der Waals surface area contributed by atoms with Crippen molar-refractivity contribution in [2.75, 3.05) is 6.26 Å². The molecule has 1 heterocycles. The molecule has 0 saturated heterocycles. The molecule has 7 nitrogen and oxygen atoms in total. The Labute approximate surface area is 130 Å². The molecule has 0 bridgehead atoms. The minimum absolute atomic E-state index is 0. The molecule has 2 aromatic rings. The summed E-state index contributed by atoms with van der Waals surface area (Å²) in [4.78, 5) is 10.6. The van der Waals surface area contributed by atoms with Gasteiger partial charge in [0.15, 0.2) is 9.84 Å². The number of rotatable bonds is 6. The largest absolute Gasteiger partial charge is 0.280 e. The van der Waals surface area contributed by atoms with Gasteiger partial charge in [-0.1, -0.05) is 17.0 Å². The summed E-state index contributed by atoms with van der Waals surface area (Å²) in [6.07, 6.45) is 2.56. The van der Waals surface area contributed by atoms with E-state index in [-0.39, 0.29) is 17.8 Å². The second kappa shape index (κ2) is 6.53. The average molecular weight is 344 g/mol. The van der Waals surface area contributed by atoms with Gasteiger partial charge in [-0.25, -0.2) is 16.8 Å². The summed E-state index contributed by atoms with van der Waals surface area (Å²) < 4.78 is 47.0. The molecule has 0 aliphatic rings. The standard InChI is InChI=1S/C13H14N2O5S2.H2/c1-21(16,17)12-6-4-7-13(9-12)22(18,19)15-20-10-11-5-2-3-8-14-11;/h2-9,15H,10H2,1H3;1H. The van der Waals surface area contributed by atoms with Gasteiger partial charge in [0.2, 0.25) is 0 Å². The first kappa shape index (κ1) is 16.6. The first-order valence-electron chi connectivity index (χ1n) is 6.13. The highest BCUT2D eigenvalue weighted by Gasteiger charge is 2.17. The fraction of sp³-hybridized carbons (Fsp3) is 0.154. The molecule has 0 spiro atoms. The van der Waals surface area contributed by atoms with Crippen LogP contribution in [0.3, 0.4) is 0 Å².